The summed E-state index contributed by atoms with van der Waals surface area (Å²) in [5.74, 6) is -0.528. The van der Waals surface area contributed by atoms with Crippen molar-refractivity contribution in [1.29, 1.82) is 0 Å². The van der Waals surface area contributed by atoms with Crippen LogP contribution in [0.5, 0.6) is 0 Å². The zero-order valence-corrected chi connectivity index (χ0v) is 10.9. The Morgan fingerprint density at radius 2 is 2.07 bits per heavy atom. The molecule has 1 rings (SSSR count). The highest BCUT2D eigenvalue weighted by Crippen LogP contribution is 2.43. The highest BCUT2D eigenvalue weighted by Gasteiger charge is 2.48. The van der Waals surface area contributed by atoms with Crippen LogP contribution in [0.1, 0.15) is 27.7 Å². The summed E-state index contributed by atoms with van der Waals surface area (Å²) in [7, 11) is 0. The van der Waals surface area contributed by atoms with Crippen LogP contribution in [0, 0.1) is 11.8 Å². The van der Waals surface area contributed by atoms with Crippen molar-refractivity contribution in [2.75, 3.05) is 0 Å². The van der Waals surface area contributed by atoms with Gasteiger partial charge in [0, 0.05) is 18.8 Å². The molecule has 0 aromatic carbocycles. The number of alkyl halides is 2. The molecule has 0 amide bonds. The normalized spacial score (nSPS) is 46.3. The van der Waals surface area contributed by atoms with E-state index in [1.165, 1.54) is 6.92 Å². The topological polar surface area (TPSA) is 35.5 Å². The molecule has 1 heterocycles. The molecule has 1 aliphatic heterocycles. The van der Waals surface area contributed by atoms with Crippen LogP contribution in [-0.2, 0) is 14.3 Å². The van der Waals surface area contributed by atoms with Crippen LogP contribution in [0.3, 0.4) is 0 Å². The van der Waals surface area contributed by atoms with Crippen molar-refractivity contribution in [2.45, 2.75) is 44.7 Å². The van der Waals surface area contributed by atoms with Gasteiger partial charge in [0.25, 0.3) is 0 Å². The van der Waals surface area contributed by atoms with E-state index in [9.17, 15) is 9.18 Å². The predicted molar refractivity (Wildman–Crippen MR) is 57.2 cm³/mol. The van der Waals surface area contributed by atoms with E-state index in [2.05, 4.69) is 15.9 Å². The molecule has 0 spiro atoms. The van der Waals surface area contributed by atoms with Gasteiger partial charge < -0.3 is 9.47 Å². The molecule has 5 unspecified atom stereocenters. The maximum absolute atomic E-state index is 13.6. The Balaban J connectivity index is 2.80. The smallest absolute Gasteiger partial charge is 0.303 e. The monoisotopic (exact) mass is 282 g/mol. The van der Waals surface area contributed by atoms with Gasteiger partial charge in [0.1, 0.15) is 4.51 Å². The van der Waals surface area contributed by atoms with Crippen LogP contribution < -0.4 is 0 Å². The quantitative estimate of drug-likeness (QED) is 0.548. The second-order valence-corrected chi connectivity index (χ2v) is 5.75. The summed E-state index contributed by atoms with van der Waals surface area (Å²) in [6.45, 7) is 6.82. The van der Waals surface area contributed by atoms with E-state index in [0.29, 0.717) is 0 Å². The van der Waals surface area contributed by atoms with Crippen molar-refractivity contribution in [3.8, 4) is 0 Å². The molecule has 1 fully saturated rings. The SMILES string of the molecule is CC(=O)OC1C(F)OC(C)(Br)C(C)C1C. The third-order valence-electron chi connectivity index (χ3n) is 3.02. The number of hydrogen-bond donors (Lipinski definition) is 0. The third-order valence-corrected chi connectivity index (χ3v) is 3.93. The zero-order valence-electron chi connectivity index (χ0n) is 9.29. The molecule has 0 aromatic rings. The largest absolute Gasteiger partial charge is 0.457 e. The van der Waals surface area contributed by atoms with Gasteiger partial charge in [-0.15, -0.1) is 0 Å². The highest BCUT2D eigenvalue weighted by molar-refractivity contribution is 9.10. The van der Waals surface area contributed by atoms with E-state index in [1.807, 2.05) is 13.8 Å². The molecule has 1 saturated heterocycles. The maximum atomic E-state index is 13.6. The molecule has 15 heavy (non-hydrogen) atoms. The van der Waals surface area contributed by atoms with Gasteiger partial charge in [-0.1, -0.05) is 29.8 Å². The van der Waals surface area contributed by atoms with Crippen molar-refractivity contribution >= 4 is 21.9 Å². The number of rotatable bonds is 1. The predicted octanol–water partition coefficient (Wildman–Crippen LogP) is 2.63. The molecule has 5 heteroatoms. The second-order valence-electron chi connectivity index (χ2n) is 4.18. The Labute approximate surface area is 97.4 Å². The van der Waals surface area contributed by atoms with Crippen molar-refractivity contribution < 1.29 is 18.7 Å². The maximum Gasteiger partial charge on any atom is 0.303 e. The number of carbonyl (C=O) groups is 1. The summed E-state index contributed by atoms with van der Waals surface area (Å²) in [5, 5.41) is 0. The van der Waals surface area contributed by atoms with E-state index >= 15 is 0 Å². The van der Waals surface area contributed by atoms with Crippen LogP contribution in [-0.4, -0.2) is 22.9 Å². The lowest BCUT2D eigenvalue weighted by Gasteiger charge is -2.44. The van der Waals surface area contributed by atoms with Crippen LogP contribution in [0.4, 0.5) is 4.39 Å². The van der Waals surface area contributed by atoms with E-state index < -0.39 is 22.9 Å². The van der Waals surface area contributed by atoms with Gasteiger partial charge >= 0.3 is 5.97 Å². The average Bonchev–Trinajstić information content (AvgIpc) is 2.08. The van der Waals surface area contributed by atoms with Gasteiger partial charge in [-0.3, -0.25) is 4.79 Å². The highest BCUT2D eigenvalue weighted by atomic mass is 79.9. The molecule has 1 aliphatic rings. The minimum Gasteiger partial charge on any atom is -0.457 e. The van der Waals surface area contributed by atoms with E-state index in [1.54, 1.807) is 6.92 Å². The van der Waals surface area contributed by atoms with Gasteiger partial charge in [-0.25, -0.2) is 4.39 Å². The molecule has 0 N–H and O–H groups in total. The van der Waals surface area contributed by atoms with E-state index in [-0.39, 0.29) is 11.8 Å². The van der Waals surface area contributed by atoms with Gasteiger partial charge in [0.2, 0.25) is 6.36 Å². The molecular formula is C10H16BrFO3. The Bertz CT molecular complexity index is 257. The first-order valence-electron chi connectivity index (χ1n) is 4.93. The van der Waals surface area contributed by atoms with Gasteiger partial charge in [-0.2, -0.15) is 0 Å². The number of esters is 1. The van der Waals surface area contributed by atoms with Crippen molar-refractivity contribution in [2.24, 2.45) is 11.8 Å². The fraction of sp³-hybridized carbons (Fsp3) is 0.900. The second kappa shape index (κ2) is 4.37. The van der Waals surface area contributed by atoms with Crippen molar-refractivity contribution in [1.82, 2.24) is 0 Å². The first-order chi connectivity index (χ1) is 6.75. The van der Waals surface area contributed by atoms with Crippen LogP contribution in [0.2, 0.25) is 0 Å². The summed E-state index contributed by atoms with van der Waals surface area (Å²) in [6, 6.07) is 0. The Hall–Kier alpha value is -0.160. The van der Waals surface area contributed by atoms with Crippen molar-refractivity contribution in [3.05, 3.63) is 0 Å². The fourth-order valence-corrected chi connectivity index (χ4v) is 2.34. The number of halogens is 2. The van der Waals surface area contributed by atoms with Crippen LogP contribution >= 0.6 is 15.9 Å². The first-order valence-corrected chi connectivity index (χ1v) is 5.73. The molecule has 0 radical (unpaired) electrons. The number of hydrogen-bond acceptors (Lipinski definition) is 3. The summed E-state index contributed by atoms with van der Waals surface area (Å²) < 4.78 is 23.0. The molecule has 5 atom stereocenters. The molecule has 0 aromatic heterocycles. The summed E-state index contributed by atoms with van der Waals surface area (Å²) in [5.41, 5.74) is 0. The number of carbonyl (C=O) groups excluding carboxylic acids is 1. The summed E-state index contributed by atoms with van der Waals surface area (Å²) in [6.07, 6.45) is -2.40. The molecular weight excluding hydrogens is 267 g/mol. The lowest BCUT2D eigenvalue weighted by atomic mass is 9.84. The lowest BCUT2D eigenvalue weighted by molar-refractivity contribution is -0.234. The van der Waals surface area contributed by atoms with Gasteiger partial charge in [0.15, 0.2) is 6.10 Å². The Morgan fingerprint density at radius 3 is 2.53 bits per heavy atom. The minimum atomic E-state index is -1.58. The fourth-order valence-electron chi connectivity index (χ4n) is 1.74. The van der Waals surface area contributed by atoms with E-state index in [4.69, 9.17) is 9.47 Å². The Kier molecular flexibility index (Phi) is 3.76. The van der Waals surface area contributed by atoms with Gasteiger partial charge in [0.05, 0.1) is 0 Å². The molecule has 0 saturated carbocycles. The van der Waals surface area contributed by atoms with E-state index in [0.717, 1.165) is 0 Å². The zero-order chi connectivity index (χ0) is 11.8. The Morgan fingerprint density at radius 1 is 1.53 bits per heavy atom. The summed E-state index contributed by atoms with van der Waals surface area (Å²) >= 11 is 3.33. The molecule has 0 aliphatic carbocycles. The average molecular weight is 283 g/mol. The standard InChI is InChI=1S/C10H16BrFO3/c1-5-6(2)10(4,11)15-9(12)8(5)14-7(3)13/h5-6,8-9H,1-4H3. The molecule has 88 valence electrons. The third kappa shape index (κ3) is 2.69. The molecule has 3 nitrogen and oxygen atoms in total. The van der Waals surface area contributed by atoms with Crippen LogP contribution in [0.25, 0.3) is 0 Å². The van der Waals surface area contributed by atoms with Crippen LogP contribution in [0.15, 0.2) is 0 Å². The van der Waals surface area contributed by atoms with Crippen molar-refractivity contribution in [3.63, 3.8) is 0 Å². The number of ether oxygens (including phenoxy) is 2. The lowest BCUT2D eigenvalue weighted by Crippen LogP contribution is -2.52. The summed E-state index contributed by atoms with van der Waals surface area (Å²) in [4.78, 5) is 10.8. The first kappa shape index (κ1) is 12.9. The molecule has 0 bridgehead atoms. The van der Waals surface area contributed by atoms with Gasteiger partial charge in [-0.05, 0) is 6.92 Å². The minimum absolute atomic E-state index is 0.0499.